The Morgan fingerprint density at radius 1 is 0.185 bits per heavy atom. The van der Waals surface area contributed by atoms with Gasteiger partial charge in [0.15, 0.2) is 40.8 Å². The van der Waals surface area contributed by atoms with Crippen LogP contribution in [0.25, 0.3) is 168 Å². The molecule has 0 saturated heterocycles. The number of hydrogen-bond donors (Lipinski definition) is 0. The molecule has 0 saturated carbocycles. The molecule has 0 bridgehead atoms. The first-order valence-electron chi connectivity index (χ1n) is 30.7. The lowest BCUT2D eigenvalue weighted by Crippen LogP contribution is -2.01. The summed E-state index contributed by atoms with van der Waals surface area (Å²) in [5.74, 6) is 4.04. The highest BCUT2D eigenvalue weighted by Crippen LogP contribution is 2.43. The number of aromatic nitrogens is 10. The minimum atomic E-state index is 0.550. The molecule has 10 heteroatoms. The van der Waals surface area contributed by atoms with Gasteiger partial charge in [0.25, 0.3) is 0 Å². The van der Waals surface area contributed by atoms with Crippen LogP contribution in [0.4, 0.5) is 0 Å². The van der Waals surface area contributed by atoms with Crippen molar-refractivity contribution in [2.24, 2.45) is 0 Å². The quantitative estimate of drug-likeness (QED) is 0.119. The van der Waals surface area contributed by atoms with Gasteiger partial charge in [-0.2, -0.15) is 0 Å². The lowest BCUT2D eigenvalue weighted by molar-refractivity contribution is 1.07. The van der Waals surface area contributed by atoms with Crippen LogP contribution >= 0.6 is 0 Å². The van der Waals surface area contributed by atoms with Crippen LogP contribution in [0.2, 0.25) is 0 Å². The minimum absolute atomic E-state index is 0.550. The average Bonchev–Trinajstić information content (AvgIpc) is 1.57. The van der Waals surface area contributed by atoms with Gasteiger partial charge in [0.05, 0.1) is 39.1 Å². The zero-order chi connectivity index (χ0) is 60.9. The lowest BCUT2D eigenvalue weighted by Gasteiger charge is -2.18. The molecule has 92 heavy (non-hydrogen) atoms. The Bertz CT molecular complexity index is 5210. The van der Waals surface area contributed by atoms with Gasteiger partial charge in [-0.1, -0.05) is 231 Å². The second kappa shape index (κ2) is 22.8. The van der Waals surface area contributed by atoms with Crippen LogP contribution in [0.3, 0.4) is 0 Å². The minimum Gasteiger partial charge on any atom is -0.309 e. The number of benzene rings is 12. The molecule has 430 valence electrons. The zero-order valence-electron chi connectivity index (χ0n) is 49.5. The van der Waals surface area contributed by atoms with Gasteiger partial charge in [0.2, 0.25) is 0 Å². The number of rotatable bonds is 12. The Labute approximate surface area is 529 Å². The van der Waals surface area contributed by atoms with E-state index >= 15 is 0 Å². The Morgan fingerprint density at radius 2 is 0.511 bits per heavy atom. The molecule has 0 atom stereocenters. The van der Waals surface area contributed by atoms with Crippen molar-refractivity contribution in [2.45, 2.75) is 0 Å². The standard InChI is InChI=1S/C82H52N10/c1-7-24-53(25-8-1)69-52-70(54-26-9-2-10-27-54)84-80(83-69)60-42-45-73(66(49-60)59-36-23-37-63(48-59)91-71-40-21-19-38-64(71)65-39-20-22-41-72(65)91)92-74-46-43-61(81-87-76(55-28-11-3-12-29-55)85-77(88-81)56-30-13-4-14-31-56)50-67(74)68-51-62(44-47-75(68)92)82-89-78(57-32-15-5-16-33-57)86-79(90-82)58-34-17-6-18-35-58/h1-52H. The normalized spacial score (nSPS) is 11.5. The number of fused-ring (bicyclic) bond motifs is 6. The van der Waals surface area contributed by atoms with E-state index in [1.165, 1.54) is 10.8 Å². The molecule has 0 aliphatic rings. The summed E-state index contributed by atoms with van der Waals surface area (Å²) in [6, 6.07) is 109. The van der Waals surface area contributed by atoms with E-state index in [1.807, 2.05) is 133 Å². The largest absolute Gasteiger partial charge is 0.309 e. The fraction of sp³-hybridized carbons (Fsp3) is 0. The maximum Gasteiger partial charge on any atom is 0.164 e. The fourth-order valence-corrected chi connectivity index (χ4v) is 12.6. The summed E-state index contributed by atoms with van der Waals surface area (Å²) in [5.41, 5.74) is 17.9. The maximum absolute atomic E-state index is 5.38. The smallest absolute Gasteiger partial charge is 0.164 e. The molecule has 5 heterocycles. The van der Waals surface area contributed by atoms with Gasteiger partial charge in [0, 0.05) is 82.9 Å². The van der Waals surface area contributed by atoms with Crippen molar-refractivity contribution < 1.29 is 0 Å². The summed E-state index contributed by atoms with van der Waals surface area (Å²) in [4.78, 5) is 41.8. The predicted molar refractivity (Wildman–Crippen MR) is 372 cm³/mol. The van der Waals surface area contributed by atoms with Crippen LogP contribution in [-0.4, -0.2) is 49.0 Å². The van der Waals surface area contributed by atoms with Gasteiger partial charge in [0.1, 0.15) is 0 Å². The van der Waals surface area contributed by atoms with Gasteiger partial charge in [-0.15, -0.1) is 0 Å². The SMILES string of the molecule is c1ccc(-c2cc(-c3ccccc3)nc(-c3ccc(-n4c5ccc(-c6nc(-c7ccccc7)nc(-c7ccccc7)n6)cc5c5cc(-c6nc(-c7ccccc7)nc(-c7ccccc7)n6)ccc54)c(-c4cccc(-n5c6ccccc6c6ccccc65)c4)c3)n2)cc1. The molecular formula is C82H52N10. The molecule has 0 amide bonds. The topological polar surface area (TPSA) is 113 Å². The molecule has 17 aromatic rings. The van der Waals surface area contributed by atoms with Crippen molar-refractivity contribution >= 4 is 43.6 Å². The van der Waals surface area contributed by atoms with E-state index in [4.69, 9.17) is 39.9 Å². The van der Waals surface area contributed by atoms with E-state index in [2.05, 4.69) is 191 Å². The van der Waals surface area contributed by atoms with Crippen LogP contribution in [0, 0.1) is 0 Å². The van der Waals surface area contributed by atoms with Crippen molar-refractivity contribution in [2.75, 3.05) is 0 Å². The summed E-state index contributed by atoms with van der Waals surface area (Å²) in [6.07, 6.45) is 0. The maximum atomic E-state index is 5.38. The molecule has 17 rings (SSSR count). The summed E-state index contributed by atoms with van der Waals surface area (Å²) < 4.78 is 4.76. The third kappa shape index (κ3) is 9.81. The van der Waals surface area contributed by atoms with E-state index < -0.39 is 0 Å². The summed E-state index contributed by atoms with van der Waals surface area (Å²) in [7, 11) is 0. The van der Waals surface area contributed by atoms with Crippen LogP contribution < -0.4 is 0 Å². The molecule has 12 aromatic carbocycles. The van der Waals surface area contributed by atoms with E-state index in [0.29, 0.717) is 40.8 Å². The number of hydrogen-bond acceptors (Lipinski definition) is 8. The summed E-state index contributed by atoms with van der Waals surface area (Å²) >= 11 is 0. The molecule has 0 radical (unpaired) electrons. The molecule has 0 N–H and O–H groups in total. The lowest BCUT2D eigenvalue weighted by atomic mass is 9.99. The Kier molecular flexibility index (Phi) is 13.3. The first-order chi connectivity index (χ1) is 45.6. The molecule has 10 nitrogen and oxygen atoms in total. The van der Waals surface area contributed by atoms with E-state index in [9.17, 15) is 0 Å². The van der Waals surface area contributed by atoms with E-state index in [-0.39, 0.29) is 0 Å². The molecule has 0 unspecified atom stereocenters. The Morgan fingerprint density at radius 3 is 0.935 bits per heavy atom. The Hall–Kier alpha value is -12.7. The van der Waals surface area contributed by atoms with Crippen LogP contribution in [0.5, 0.6) is 0 Å². The zero-order valence-corrected chi connectivity index (χ0v) is 49.5. The van der Waals surface area contributed by atoms with Gasteiger partial charge >= 0.3 is 0 Å². The van der Waals surface area contributed by atoms with Gasteiger partial charge in [-0.25, -0.2) is 39.9 Å². The highest BCUT2D eigenvalue weighted by Gasteiger charge is 2.23. The Balaban J connectivity index is 0.926. The van der Waals surface area contributed by atoms with Crippen molar-refractivity contribution in [3.05, 3.63) is 315 Å². The first kappa shape index (κ1) is 53.6. The van der Waals surface area contributed by atoms with Crippen LogP contribution in [0.15, 0.2) is 315 Å². The molecule has 0 spiro atoms. The second-order valence-electron chi connectivity index (χ2n) is 22.7. The fourth-order valence-electron chi connectivity index (χ4n) is 12.6. The third-order valence-corrected chi connectivity index (χ3v) is 17.0. The third-order valence-electron chi connectivity index (χ3n) is 17.0. The number of nitrogens with zero attached hydrogens (tertiary/aromatic N) is 10. The average molecular weight is 1180 g/mol. The molecule has 0 aliphatic heterocycles. The van der Waals surface area contributed by atoms with Crippen molar-refractivity contribution in [1.29, 1.82) is 0 Å². The monoisotopic (exact) mass is 1180 g/mol. The molecule has 5 aromatic heterocycles. The molecule has 0 aliphatic carbocycles. The van der Waals surface area contributed by atoms with E-state index in [1.54, 1.807) is 0 Å². The first-order valence-corrected chi connectivity index (χ1v) is 30.7. The molecule has 0 fully saturated rings. The summed E-state index contributed by atoms with van der Waals surface area (Å²) in [6.45, 7) is 0. The highest BCUT2D eigenvalue weighted by molar-refractivity contribution is 6.12. The van der Waals surface area contributed by atoms with Crippen molar-refractivity contribution in [3.8, 4) is 125 Å². The van der Waals surface area contributed by atoms with Gasteiger partial charge in [-0.05, 0) is 90.5 Å². The van der Waals surface area contributed by atoms with Gasteiger partial charge in [-0.3, -0.25) is 0 Å². The van der Waals surface area contributed by atoms with Crippen molar-refractivity contribution in [1.82, 2.24) is 49.0 Å². The molecular weight excluding hydrogens is 1120 g/mol. The van der Waals surface area contributed by atoms with Crippen LogP contribution in [0.1, 0.15) is 0 Å². The van der Waals surface area contributed by atoms with Crippen molar-refractivity contribution in [3.63, 3.8) is 0 Å². The second-order valence-corrected chi connectivity index (χ2v) is 22.7. The van der Waals surface area contributed by atoms with Gasteiger partial charge < -0.3 is 9.13 Å². The highest BCUT2D eigenvalue weighted by atomic mass is 15.1. The van der Waals surface area contributed by atoms with Crippen LogP contribution in [-0.2, 0) is 0 Å². The number of para-hydroxylation sites is 2. The predicted octanol–water partition coefficient (Wildman–Crippen LogP) is 19.7. The summed E-state index contributed by atoms with van der Waals surface area (Å²) in [5, 5.41) is 4.34. The van der Waals surface area contributed by atoms with E-state index in [0.717, 1.165) is 117 Å².